The van der Waals surface area contributed by atoms with Gasteiger partial charge in [-0.15, -0.1) is 0 Å². The molecule has 0 bridgehead atoms. The summed E-state index contributed by atoms with van der Waals surface area (Å²) >= 11 is 0. The van der Waals surface area contributed by atoms with Gasteiger partial charge in [0.05, 0.1) is 6.04 Å². The number of nitrogens with one attached hydrogen (secondary N) is 1. The largest absolute Gasteiger partial charge is 0.396 e. The molecule has 1 saturated heterocycles. The van der Waals surface area contributed by atoms with Crippen molar-refractivity contribution in [3.05, 3.63) is 66.0 Å². The highest BCUT2D eigenvalue weighted by Gasteiger charge is 2.32. The van der Waals surface area contributed by atoms with E-state index in [0.717, 1.165) is 37.4 Å². The zero-order chi connectivity index (χ0) is 22.4. The van der Waals surface area contributed by atoms with Crippen LogP contribution in [0.3, 0.4) is 0 Å². The number of anilines is 1. The number of hydrogen-bond donors (Lipinski definition) is 2. The van der Waals surface area contributed by atoms with Crippen LogP contribution in [0, 0.1) is 11.2 Å². The topological polar surface area (TPSA) is 55.8 Å². The van der Waals surface area contributed by atoms with Crippen molar-refractivity contribution < 1.29 is 14.3 Å². The molecule has 1 heterocycles. The van der Waals surface area contributed by atoms with E-state index >= 15 is 0 Å². The van der Waals surface area contributed by atoms with Gasteiger partial charge in [0.1, 0.15) is 5.82 Å². The molecule has 31 heavy (non-hydrogen) atoms. The second kappa shape index (κ2) is 10.2. The Labute approximate surface area is 184 Å². The van der Waals surface area contributed by atoms with E-state index < -0.39 is 0 Å². The molecular weight excluding hydrogens is 393 g/mol. The van der Waals surface area contributed by atoms with Crippen LogP contribution in [0.15, 0.2) is 54.6 Å². The van der Waals surface area contributed by atoms with Gasteiger partial charge in [0.25, 0.3) is 0 Å². The molecule has 0 radical (unpaired) electrons. The number of rotatable bonds is 8. The van der Waals surface area contributed by atoms with Gasteiger partial charge in [0.2, 0.25) is 5.91 Å². The molecule has 0 spiro atoms. The normalized spacial score (nSPS) is 17.3. The van der Waals surface area contributed by atoms with Gasteiger partial charge < -0.3 is 15.3 Å². The Morgan fingerprint density at radius 1 is 1.06 bits per heavy atom. The zero-order valence-electron chi connectivity index (χ0n) is 18.7. The Hall–Kier alpha value is -2.44. The lowest BCUT2D eigenvalue weighted by atomic mass is 9.75. The summed E-state index contributed by atoms with van der Waals surface area (Å²) in [5.41, 5.74) is 1.77. The molecule has 2 aromatic carbocycles. The quantitative estimate of drug-likeness (QED) is 0.679. The van der Waals surface area contributed by atoms with Crippen molar-refractivity contribution in [3.63, 3.8) is 0 Å². The first-order valence-corrected chi connectivity index (χ1v) is 11.0. The monoisotopic (exact) mass is 427 g/mol. The highest BCUT2D eigenvalue weighted by molar-refractivity contribution is 5.81. The fourth-order valence-electron chi connectivity index (χ4n) is 4.18. The Morgan fingerprint density at radius 2 is 1.68 bits per heavy atom. The molecule has 2 aromatic rings. The van der Waals surface area contributed by atoms with Gasteiger partial charge in [-0.25, -0.2) is 4.39 Å². The maximum Gasteiger partial charge on any atom is 0.237 e. The maximum absolute atomic E-state index is 13.2. The van der Waals surface area contributed by atoms with Gasteiger partial charge in [-0.05, 0) is 42.2 Å². The lowest BCUT2D eigenvalue weighted by Crippen LogP contribution is -2.54. The summed E-state index contributed by atoms with van der Waals surface area (Å²) in [5, 5.41) is 13.0. The maximum atomic E-state index is 13.2. The minimum atomic E-state index is -0.349. The molecular formula is C25H34FN3O2. The Morgan fingerprint density at radius 3 is 2.26 bits per heavy atom. The molecule has 2 atom stereocenters. The van der Waals surface area contributed by atoms with E-state index in [9.17, 15) is 14.3 Å². The van der Waals surface area contributed by atoms with Gasteiger partial charge in [0.15, 0.2) is 0 Å². The number of halogens is 1. The van der Waals surface area contributed by atoms with Crippen molar-refractivity contribution in [2.45, 2.75) is 32.7 Å². The van der Waals surface area contributed by atoms with Crippen molar-refractivity contribution >= 4 is 11.6 Å². The first-order chi connectivity index (χ1) is 14.8. The van der Waals surface area contributed by atoms with E-state index in [0.29, 0.717) is 6.54 Å². The summed E-state index contributed by atoms with van der Waals surface area (Å²) in [4.78, 5) is 17.3. The summed E-state index contributed by atoms with van der Waals surface area (Å²) in [6, 6.07) is 16.4. The third-order valence-corrected chi connectivity index (χ3v) is 6.47. The van der Waals surface area contributed by atoms with Crippen molar-refractivity contribution in [2.75, 3.05) is 44.2 Å². The van der Waals surface area contributed by atoms with Crippen LogP contribution in [0.4, 0.5) is 10.1 Å². The van der Waals surface area contributed by atoms with E-state index in [1.165, 1.54) is 12.1 Å². The average molecular weight is 428 g/mol. The molecule has 168 valence electrons. The van der Waals surface area contributed by atoms with E-state index in [4.69, 9.17) is 0 Å². The van der Waals surface area contributed by atoms with Crippen LogP contribution >= 0.6 is 0 Å². The predicted molar refractivity (Wildman–Crippen MR) is 123 cm³/mol. The van der Waals surface area contributed by atoms with Gasteiger partial charge in [-0.2, -0.15) is 0 Å². The average Bonchev–Trinajstić information content (AvgIpc) is 2.80. The molecule has 2 N–H and O–H groups in total. The van der Waals surface area contributed by atoms with E-state index in [1.54, 1.807) is 12.1 Å². The summed E-state index contributed by atoms with van der Waals surface area (Å²) in [6.45, 7) is 9.66. The summed E-state index contributed by atoms with van der Waals surface area (Å²) < 4.78 is 13.2. The number of aliphatic hydroxyl groups excluding tert-OH is 1. The minimum Gasteiger partial charge on any atom is -0.396 e. The van der Waals surface area contributed by atoms with E-state index in [2.05, 4.69) is 15.1 Å². The molecule has 0 aliphatic carbocycles. The van der Waals surface area contributed by atoms with Gasteiger partial charge in [0, 0.05) is 50.9 Å². The Kier molecular flexibility index (Phi) is 7.68. The molecule has 0 aromatic heterocycles. The third-order valence-electron chi connectivity index (χ3n) is 6.47. The van der Waals surface area contributed by atoms with E-state index in [1.807, 2.05) is 51.1 Å². The highest BCUT2D eigenvalue weighted by atomic mass is 19.1. The number of benzene rings is 2. The molecule has 1 amide bonds. The van der Waals surface area contributed by atoms with Crippen LogP contribution in [0.1, 0.15) is 32.3 Å². The minimum absolute atomic E-state index is 0.00454. The second-order valence-electron chi connectivity index (χ2n) is 9.03. The Balaban J connectivity index is 1.55. The molecule has 5 nitrogen and oxygen atoms in total. The first kappa shape index (κ1) is 23.2. The first-order valence-electron chi connectivity index (χ1n) is 11.0. The number of aliphatic hydroxyl groups is 1. The Bertz CT molecular complexity index is 834. The van der Waals surface area contributed by atoms with Crippen molar-refractivity contribution in [1.82, 2.24) is 10.2 Å². The van der Waals surface area contributed by atoms with Crippen LogP contribution in [0.25, 0.3) is 0 Å². The fraction of sp³-hybridized carbons (Fsp3) is 0.480. The number of carbonyl (C=O) groups excluding carboxylic acids is 1. The van der Waals surface area contributed by atoms with Gasteiger partial charge in [-0.1, -0.05) is 44.2 Å². The number of piperazine rings is 1. The number of nitrogens with zero attached hydrogens (tertiary/aromatic N) is 2. The molecule has 1 aliphatic heterocycles. The predicted octanol–water partition coefficient (Wildman–Crippen LogP) is 3.25. The SMILES string of the molecule is C[C@H](C(=O)NC[C@@H](c1ccccc1)C(C)(C)CO)N1CCN(c2ccc(F)cc2)CC1. The van der Waals surface area contributed by atoms with Crippen LogP contribution < -0.4 is 10.2 Å². The summed E-state index contributed by atoms with van der Waals surface area (Å²) in [6.07, 6.45) is 0. The molecule has 3 rings (SSSR count). The zero-order valence-corrected chi connectivity index (χ0v) is 18.7. The molecule has 1 fully saturated rings. The van der Waals surface area contributed by atoms with E-state index in [-0.39, 0.29) is 35.7 Å². The summed E-state index contributed by atoms with van der Waals surface area (Å²) in [5.74, 6) is -0.207. The highest BCUT2D eigenvalue weighted by Crippen LogP contribution is 2.34. The van der Waals surface area contributed by atoms with Crippen LogP contribution in [-0.4, -0.2) is 61.3 Å². The lowest BCUT2D eigenvalue weighted by Gasteiger charge is -2.39. The van der Waals surface area contributed by atoms with Crippen LogP contribution in [-0.2, 0) is 4.79 Å². The van der Waals surface area contributed by atoms with Crippen molar-refractivity contribution in [1.29, 1.82) is 0 Å². The van der Waals surface area contributed by atoms with Gasteiger partial charge in [-0.3, -0.25) is 9.69 Å². The smallest absolute Gasteiger partial charge is 0.237 e. The second-order valence-corrected chi connectivity index (χ2v) is 9.03. The fourth-order valence-corrected chi connectivity index (χ4v) is 4.18. The number of hydrogen-bond acceptors (Lipinski definition) is 4. The number of carbonyl (C=O) groups is 1. The molecule has 0 unspecified atom stereocenters. The van der Waals surface area contributed by atoms with Crippen LogP contribution in [0.2, 0.25) is 0 Å². The van der Waals surface area contributed by atoms with Gasteiger partial charge >= 0.3 is 0 Å². The lowest BCUT2D eigenvalue weighted by molar-refractivity contribution is -0.126. The van der Waals surface area contributed by atoms with Crippen molar-refractivity contribution in [3.8, 4) is 0 Å². The summed E-state index contributed by atoms with van der Waals surface area (Å²) in [7, 11) is 0. The number of amides is 1. The van der Waals surface area contributed by atoms with Crippen LogP contribution in [0.5, 0.6) is 0 Å². The molecule has 6 heteroatoms. The van der Waals surface area contributed by atoms with Crippen molar-refractivity contribution in [2.24, 2.45) is 5.41 Å². The molecule has 0 saturated carbocycles. The molecule has 1 aliphatic rings. The third kappa shape index (κ3) is 5.83. The standard InChI is InChI=1S/C25H34FN3O2/c1-19(28-13-15-29(16-14-28)22-11-9-21(26)10-12-22)24(31)27-17-23(25(2,3)18-30)20-7-5-4-6-8-20/h4-12,19,23,30H,13-18H2,1-3H3,(H,27,31)/t19-,23+/m1/s1.